The van der Waals surface area contributed by atoms with Crippen molar-refractivity contribution in [2.24, 2.45) is 0 Å². The van der Waals surface area contributed by atoms with Gasteiger partial charge in [-0.25, -0.2) is 0 Å². The van der Waals surface area contributed by atoms with Crippen LogP contribution in [0.5, 0.6) is 0 Å². The Kier molecular flexibility index (Phi) is 5.86. The molecule has 1 atom stereocenters. The molecule has 0 saturated carbocycles. The van der Waals surface area contributed by atoms with Crippen molar-refractivity contribution in [2.75, 3.05) is 5.75 Å². The Morgan fingerprint density at radius 3 is 2.45 bits per heavy atom. The maximum absolute atomic E-state index is 11.0. The second kappa shape index (κ2) is 5.77. The predicted molar refractivity (Wildman–Crippen MR) is 54.2 cm³/mol. The molecule has 0 aromatic rings. The lowest BCUT2D eigenvalue weighted by Gasteiger charge is -2.08. The Labute approximate surface area is 77.9 Å². The maximum Gasteiger partial charge on any atom is 0.230 e. The average Bonchev–Trinajstić information content (AvgIpc) is 1.82. The lowest BCUT2D eigenvalue weighted by molar-refractivity contribution is -0.118. The van der Waals surface area contributed by atoms with Crippen LogP contribution in [0.2, 0.25) is 0 Å². The molecule has 0 aliphatic rings. The van der Waals surface area contributed by atoms with Crippen molar-refractivity contribution < 1.29 is 4.79 Å². The van der Waals surface area contributed by atoms with E-state index in [0.29, 0.717) is 11.0 Å². The SMILES string of the molecule is CC(S)NC(=O)CSC(C)C. The van der Waals surface area contributed by atoms with E-state index in [0.717, 1.165) is 0 Å². The van der Waals surface area contributed by atoms with E-state index < -0.39 is 0 Å². The molecular weight excluding hydrogens is 178 g/mol. The van der Waals surface area contributed by atoms with Crippen molar-refractivity contribution in [3.63, 3.8) is 0 Å². The summed E-state index contributed by atoms with van der Waals surface area (Å²) < 4.78 is 0. The number of amides is 1. The zero-order valence-corrected chi connectivity index (χ0v) is 8.84. The minimum atomic E-state index is -0.0461. The number of carbonyl (C=O) groups excluding carboxylic acids is 1. The highest BCUT2D eigenvalue weighted by atomic mass is 32.2. The van der Waals surface area contributed by atoms with Gasteiger partial charge in [0.2, 0.25) is 5.91 Å². The number of thiol groups is 1. The van der Waals surface area contributed by atoms with Gasteiger partial charge in [-0.2, -0.15) is 12.6 Å². The van der Waals surface area contributed by atoms with Crippen LogP contribution in [0.4, 0.5) is 0 Å². The fraction of sp³-hybridized carbons (Fsp3) is 0.857. The van der Waals surface area contributed by atoms with Gasteiger partial charge < -0.3 is 5.32 Å². The van der Waals surface area contributed by atoms with E-state index in [1.54, 1.807) is 11.8 Å². The van der Waals surface area contributed by atoms with Gasteiger partial charge in [-0.1, -0.05) is 13.8 Å². The van der Waals surface area contributed by atoms with Crippen LogP contribution < -0.4 is 5.32 Å². The number of hydrogen-bond acceptors (Lipinski definition) is 3. The molecule has 0 bridgehead atoms. The molecule has 0 aromatic carbocycles. The number of rotatable bonds is 4. The molecule has 0 aliphatic heterocycles. The molecule has 0 rings (SSSR count). The Bertz CT molecular complexity index is 126. The van der Waals surface area contributed by atoms with Gasteiger partial charge >= 0.3 is 0 Å². The summed E-state index contributed by atoms with van der Waals surface area (Å²) >= 11 is 5.68. The highest BCUT2D eigenvalue weighted by molar-refractivity contribution is 8.00. The van der Waals surface area contributed by atoms with Crippen molar-refractivity contribution in [3.8, 4) is 0 Å². The van der Waals surface area contributed by atoms with Crippen molar-refractivity contribution in [3.05, 3.63) is 0 Å². The molecule has 0 heterocycles. The number of carbonyl (C=O) groups is 1. The molecule has 0 spiro atoms. The Morgan fingerprint density at radius 1 is 1.55 bits per heavy atom. The van der Waals surface area contributed by atoms with E-state index in [-0.39, 0.29) is 11.3 Å². The molecule has 0 radical (unpaired) electrons. The third-order valence-corrected chi connectivity index (χ3v) is 2.14. The van der Waals surface area contributed by atoms with Gasteiger partial charge in [0.1, 0.15) is 0 Å². The van der Waals surface area contributed by atoms with Crippen LogP contribution in [0.25, 0.3) is 0 Å². The van der Waals surface area contributed by atoms with E-state index in [9.17, 15) is 4.79 Å². The van der Waals surface area contributed by atoms with Crippen molar-refractivity contribution in [1.82, 2.24) is 5.32 Å². The second-order valence-electron chi connectivity index (χ2n) is 2.60. The fourth-order valence-corrected chi connectivity index (χ4v) is 1.23. The monoisotopic (exact) mass is 193 g/mol. The Hall–Kier alpha value is 0.170. The minimum Gasteiger partial charge on any atom is -0.344 e. The van der Waals surface area contributed by atoms with Crippen LogP contribution in [0, 0.1) is 0 Å². The van der Waals surface area contributed by atoms with E-state index >= 15 is 0 Å². The van der Waals surface area contributed by atoms with Crippen LogP contribution >= 0.6 is 24.4 Å². The van der Waals surface area contributed by atoms with E-state index in [2.05, 4.69) is 31.8 Å². The lowest BCUT2D eigenvalue weighted by Crippen LogP contribution is -2.30. The molecular formula is C7H15NOS2. The van der Waals surface area contributed by atoms with Gasteiger partial charge in [0.25, 0.3) is 0 Å². The zero-order valence-electron chi connectivity index (χ0n) is 7.13. The largest absolute Gasteiger partial charge is 0.344 e. The van der Waals surface area contributed by atoms with Crippen LogP contribution in [0.15, 0.2) is 0 Å². The summed E-state index contributed by atoms with van der Waals surface area (Å²) in [5.74, 6) is 0.592. The summed E-state index contributed by atoms with van der Waals surface area (Å²) in [6.07, 6.45) is 0. The molecule has 4 heteroatoms. The summed E-state index contributed by atoms with van der Waals surface area (Å²) in [4.78, 5) is 11.0. The van der Waals surface area contributed by atoms with Gasteiger partial charge in [-0.15, -0.1) is 11.8 Å². The Morgan fingerprint density at radius 2 is 2.09 bits per heavy atom. The Balaban J connectivity index is 3.38. The van der Waals surface area contributed by atoms with Gasteiger partial charge in [0, 0.05) is 0 Å². The summed E-state index contributed by atoms with van der Waals surface area (Å²) in [5.41, 5.74) is 0. The molecule has 0 aliphatic carbocycles. The maximum atomic E-state index is 11.0. The first kappa shape index (κ1) is 11.2. The highest BCUT2D eigenvalue weighted by Crippen LogP contribution is 2.07. The van der Waals surface area contributed by atoms with Crippen LogP contribution in [0.1, 0.15) is 20.8 Å². The van der Waals surface area contributed by atoms with Crippen LogP contribution in [-0.4, -0.2) is 22.3 Å². The first-order valence-electron chi connectivity index (χ1n) is 3.61. The number of nitrogens with one attached hydrogen (secondary N) is 1. The molecule has 0 aromatic heterocycles. The smallest absolute Gasteiger partial charge is 0.230 e. The molecule has 11 heavy (non-hydrogen) atoms. The summed E-state index contributed by atoms with van der Waals surface area (Å²) in [6, 6.07) is 0. The molecule has 1 amide bonds. The molecule has 0 saturated heterocycles. The second-order valence-corrected chi connectivity index (χ2v) is 4.94. The summed E-state index contributed by atoms with van der Waals surface area (Å²) in [5, 5.41) is 3.17. The van der Waals surface area contributed by atoms with E-state index in [4.69, 9.17) is 0 Å². The van der Waals surface area contributed by atoms with Crippen molar-refractivity contribution in [2.45, 2.75) is 31.4 Å². The van der Waals surface area contributed by atoms with Crippen molar-refractivity contribution in [1.29, 1.82) is 0 Å². The molecule has 1 N–H and O–H groups in total. The van der Waals surface area contributed by atoms with Gasteiger partial charge in [-0.05, 0) is 12.2 Å². The predicted octanol–water partition coefficient (Wildman–Crippen LogP) is 1.52. The van der Waals surface area contributed by atoms with Crippen LogP contribution in [-0.2, 0) is 4.79 Å². The van der Waals surface area contributed by atoms with E-state index in [1.165, 1.54) is 0 Å². The lowest BCUT2D eigenvalue weighted by atomic mass is 10.6. The quantitative estimate of drug-likeness (QED) is 0.523. The van der Waals surface area contributed by atoms with Gasteiger partial charge in [0.15, 0.2) is 0 Å². The molecule has 2 nitrogen and oxygen atoms in total. The van der Waals surface area contributed by atoms with Crippen LogP contribution in [0.3, 0.4) is 0 Å². The van der Waals surface area contributed by atoms with E-state index in [1.807, 2.05) is 6.92 Å². The van der Waals surface area contributed by atoms with Gasteiger partial charge in [0.05, 0.1) is 11.1 Å². The summed E-state index contributed by atoms with van der Waals surface area (Å²) in [6.45, 7) is 5.98. The average molecular weight is 193 g/mol. The normalized spacial score (nSPS) is 13.2. The molecule has 1 unspecified atom stereocenters. The fourth-order valence-electron chi connectivity index (χ4n) is 0.517. The standard InChI is InChI=1S/C7H15NOS2/c1-5(2)11-4-7(9)8-6(3)10/h5-6,10H,4H2,1-3H3,(H,8,9). The molecule has 66 valence electrons. The highest BCUT2D eigenvalue weighted by Gasteiger charge is 2.04. The summed E-state index contributed by atoms with van der Waals surface area (Å²) in [7, 11) is 0. The minimum absolute atomic E-state index is 0.0461. The van der Waals surface area contributed by atoms with Crippen molar-refractivity contribution >= 4 is 30.3 Å². The first-order valence-corrected chi connectivity index (χ1v) is 5.18. The first-order chi connectivity index (χ1) is 5.02. The van der Waals surface area contributed by atoms with Gasteiger partial charge in [-0.3, -0.25) is 4.79 Å². The third kappa shape index (κ3) is 8.07. The molecule has 0 fully saturated rings. The topological polar surface area (TPSA) is 29.1 Å². The number of thioether (sulfide) groups is 1. The number of hydrogen-bond donors (Lipinski definition) is 2. The third-order valence-electron chi connectivity index (χ3n) is 0.918. The zero-order chi connectivity index (χ0) is 8.85.